The summed E-state index contributed by atoms with van der Waals surface area (Å²) in [5, 5.41) is 17.2. The molecule has 0 saturated heterocycles. The number of ether oxygens (including phenoxy) is 2. The van der Waals surface area contributed by atoms with Gasteiger partial charge in [0.2, 0.25) is 0 Å². The van der Waals surface area contributed by atoms with Gasteiger partial charge in [-0.1, -0.05) is 18.2 Å². The van der Waals surface area contributed by atoms with Crippen molar-refractivity contribution in [1.82, 2.24) is 5.32 Å². The molecule has 0 atom stereocenters. The standard InChI is InChI=1S/C19H24N4O4.HI/c1-20-19(21-14-15-6-3-8-17(12-15)23(24)25)22-16-7-4-9-18(13-16)27-11-5-10-26-2;/h3-4,6-9,12-13H,5,10-11,14H2,1-2H3,(H2,20,21,22);1H. The average molecular weight is 500 g/mol. The number of hydrogen-bond donors (Lipinski definition) is 2. The van der Waals surface area contributed by atoms with Crippen LogP contribution >= 0.6 is 24.0 Å². The number of aliphatic imine (C=N–C) groups is 1. The maximum absolute atomic E-state index is 10.9. The van der Waals surface area contributed by atoms with Gasteiger partial charge in [-0.25, -0.2) is 0 Å². The Morgan fingerprint density at radius 1 is 1.18 bits per heavy atom. The van der Waals surface area contributed by atoms with Crippen molar-refractivity contribution in [3.63, 3.8) is 0 Å². The summed E-state index contributed by atoms with van der Waals surface area (Å²) in [5.74, 6) is 1.31. The van der Waals surface area contributed by atoms with E-state index in [4.69, 9.17) is 9.47 Å². The molecule has 0 aliphatic carbocycles. The molecule has 0 unspecified atom stereocenters. The van der Waals surface area contributed by atoms with Crippen LogP contribution in [0.5, 0.6) is 5.75 Å². The van der Waals surface area contributed by atoms with E-state index in [1.54, 1.807) is 20.2 Å². The van der Waals surface area contributed by atoms with Gasteiger partial charge in [-0.15, -0.1) is 24.0 Å². The quantitative estimate of drug-likeness (QED) is 0.136. The molecule has 0 spiro atoms. The van der Waals surface area contributed by atoms with Crippen molar-refractivity contribution < 1.29 is 14.4 Å². The SMILES string of the molecule is CN=C(NCc1cccc([N+](=O)[O-])c1)Nc1cccc(OCCCOC)c1.I. The summed E-state index contributed by atoms with van der Waals surface area (Å²) in [7, 11) is 3.32. The first-order chi connectivity index (χ1) is 13.1. The van der Waals surface area contributed by atoms with E-state index in [-0.39, 0.29) is 29.7 Å². The van der Waals surface area contributed by atoms with E-state index < -0.39 is 4.92 Å². The van der Waals surface area contributed by atoms with E-state index in [0.29, 0.717) is 25.7 Å². The molecule has 0 bridgehead atoms. The predicted molar refractivity (Wildman–Crippen MR) is 121 cm³/mol. The van der Waals surface area contributed by atoms with Crippen LogP contribution in [0.3, 0.4) is 0 Å². The lowest BCUT2D eigenvalue weighted by Crippen LogP contribution is -2.30. The maximum Gasteiger partial charge on any atom is 0.269 e. The van der Waals surface area contributed by atoms with E-state index in [1.807, 2.05) is 30.3 Å². The van der Waals surface area contributed by atoms with Crippen LogP contribution in [0, 0.1) is 10.1 Å². The molecule has 0 saturated carbocycles. The monoisotopic (exact) mass is 500 g/mol. The first-order valence-corrected chi connectivity index (χ1v) is 8.55. The van der Waals surface area contributed by atoms with Crippen LogP contribution in [0.4, 0.5) is 11.4 Å². The van der Waals surface area contributed by atoms with Gasteiger partial charge in [-0.3, -0.25) is 15.1 Å². The van der Waals surface area contributed by atoms with Gasteiger partial charge in [0, 0.05) is 57.6 Å². The van der Waals surface area contributed by atoms with Crippen molar-refractivity contribution in [3.05, 3.63) is 64.2 Å². The van der Waals surface area contributed by atoms with Gasteiger partial charge in [-0.05, 0) is 17.7 Å². The molecule has 9 heteroatoms. The van der Waals surface area contributed by atoms with Gasteiger partial charge >= 0.3 is 0 Å². The molecule has 0 radical (unpaired) electrons. The second-order valence-electron chi connectivity index (χ2n) is 5.70. The highest BCUT2D eigenvalue weighted by Crippen LogP contribution is 2.18. The first-order valence-electron chi connectivity index (χ1n) is 8.55. The smallest absolute Gasteiger partial charge is 0.269 e. The Balaban J connectivity index is 0.00000392. The number of non-ortho nitro benzene ring substituents is 1. The molecular formula is C19H25IN4O4. The second kappa shape index (κ2) is 12.9. The average Bonchev–Trinajstić information content (AvgIpc) is 2.69. The van der Waals surface area contributed by atoms with Crippen LogP contribution in [0.15, 0.2) is 53.5 Å². The third-order valence-electron chi connectivity index (χ3n) is 3.66. The molecule has 0 amide bonds. The highest BCUT2D eigenvalue weighted by Gasteiger charge is 2.06. The van der Waals surface area contributed by atoms with Gasteiger partial charge in [0.25, 0.3) is 5.69 Å². The summed E-state index contributed by atoms with van der Waals surface area (Å²) in [6, 6.07) is 14.1. The third kappa shape index (κ3) is 8.09. The van der Waals surface area contributed by atoms with Crippen molar-refractivity contribution in [2.75, 3.05) is 32.7 Å². The number of hydrogen-bond acceptors (Lipinski definition) is 5. The third-order valence-corrected chi connectivity index (χ3v) is 3.66. The van der Waals surface area contributed by atoms with E-state index in [2.05, 4.69) is 15.6 Å². The van der Waals surface area contributed by atoms with Crippen LogP contribution in [0.2, 0.25) is 0 Å². The highest BCUT2D eigenvalue weighted by atomic mass is 127. The Bertz CT molecular complexity index is 786. The van der Waals surface area contributed by atoms with Gasteiger partial charge in [0.15, 0.2) is 5.96 Å². The predicted octanol–water partition coefficient (Wildman–Crippen LogP) is 3.82. The van der Waals surface area contributed by atoms with Crippen molar-refractivity contribution in [2.45, 2.75) is 13.0 Å². The lowest BCUT2D eigenvalue weighted by Gasteiger charge is -2.13. The van der Waals surface area contributed by atoms with E-state index in [0.717, 1.165) is 23.4 Å². The molecule has 2 rings (SSSR count). The Labute approximate surface area is 181 Å². The minimum absolute atomic E-state index is 0. The van der Waals surface area contributed by atoms with Crippen molar-refractivity contribution >= 4 is 41.3 Å². The lowest BCUT2D eigenvalue weighted by molar-refractivity contribution is -0.384. The Hall–Kier alpha value is -2.40. The summed E-state index contributed by atoms with van der Waals surface area (Å²) < 4.78 is 10.7. The molecule has 152 valence electrons. The second-order valence-corrected chi connectivity index (χ2v) is 5.70. The number of nitrogens with one attached hydrogen (secondary N) is 2. The van der Waals surface area contributed by atoms with Crippen molar-refractivity contribution in [2.24, 2.45) is 4.99 Å². The number of nitrogens with zero attached hydrogens (tertiary/aromatic N) is 2. The van der Waals surface area contributed by atoms with Gasteiger partial charge in [0.1, 0.15) is 5.75 Å². The molecule has 8 nitrogen and oxygen atoms in total. The number of guanidine groups is 1. The topological polar surface area (TPSA) is 98.0 Å². The molecule has 0 aromatic heterocycles. The minimum atomic E-state index is -0.408. The lowest BCUT2D eigenvalue weighted by atomic mass is 10.2. The van der Waals surface area contributed by atoms with Gasteiger partial charge < -0.3 is 20.1 Å². The fourth-order valence-electron chi connectivity index (χ4n) is 2.34. The summed E-state index contributed by atoms with van der Waals surface area (Å²) in [6.07, 6.45) is 0.820. The molecule has 0 aliphatic rings. The summed E-state index contributed by atoms with van der Waals surface area (Å²) in [6.45, 7) is 1.65. The fraction of sp³-hybridized carbons (Fsp3) is 0.316. The number of nitro benzene ring substituents is 1. The molecule has 28 heavy (non-hydrogen) atoms. The number of halogens is 1. The van der Waals surface area contributed by atoms with Gasteiger partial charge in [-0.2, -0.15) is 0 Å². The molecule has 2 N–H and O–H groups in total. The zero-order chi connectivity index (χ0) is 19.5. The van der Waals surface area contributed by atoms with E-state index in [1.165, 1.54) is 12.1 Å². The van der Waals surface area contributed by atoms with E-state index >= 15 is 0 Å². The summed E-state index contributed by atoms with van der Waals surface area (Å²) in [5.41, 5.74) is 1.68. The highest BCUT2D eigenvalue weighted by molar-refractivity contribution is 14.0. The normalized spacial score (nSPS) is 10.7. The summed E-state index contributed by atoms with van der Waals surface area (Å²) >= 11 is 0. The Morgan fingerprint density at radius 2 is 1.96 bits per heavy atom. The number of rotatable bonds is 9. The number of benzene rings is 2. The van der Waals surface area contributed by atoms with Crippen LogP contribution < -0.4 is 15.4 Å². The molecule has 0 fully saturated rings. The molecule has 2 aromatic rings. The van der Waals surface area contributed by atoms with Crippen LogP contribution in [-0.4, -0.2) is 38.3 Å². The van der Waals surface area contributed by atoms with Crippen LogP contribution in [0.1, 0.15) is 12.0 Å². The Morgan fingerprint density at radius 3 is 2.68 bits per heavy atom. The summed E-state index contributed by atoms with van der Waals surface area (Å²) in [4.78, 5) is 14.6. The Kier molecular flexibility index (Phi) is 10.9. The first kappa shape index (κ1) is 23.6. The zero-order valence-electron chi connectivity index (χ0n) is 15.9. The number of nitro groups is 1. The van der Waals surface area contributed by atoms with Crippen LogP contribution in [-0.2, 0) is 11.3 Å². The maximum atomic E-state index is 10.9. The molecule has 0 heterocycles. The fourth-order valence-corrected chi connectivity index (χ4v) is 2.34. The van der Waals surface area contributed by atoms with Gasteiger partial charge in [0.05, 0.1) is 11.5 Å². The number of methoxy groups -OCH3 is 1. The van der Waals surface area contributed by atoms with Crippen molar-refractivity contribution in [3.8, 4) is 5.75 Å². The minimum Gasteiger partial charge on any atom is -0.493 e. The molecule has 2 aromatic carbocycles. The molecular weight excluding hydrogens is 475 g/mol. The molecule has 0 aliphatic heterocycles. The number of anilines is 1. The largest absolute Gasteiger partial charge is 0.493 e. The van der Waals surface area contributed by atoms with Crippen LogP contribution in [0.25, 0.3) is 0 Å². The van der Waals surface area contributed by atoms with E-state index in [9.17, 15) is 10.1 Å². The van der Waals surface area contributed by atoms with Crippen molar-refractivity contribution in [1.29, 1.82) is 0 Å². The zero-order valence-corrected chi connectivity index (χ0v) is 18.2.